The molecule has 0 heterocycles. The van der Waals surface area contributed by atoms with E-state index in [0.717, 1.165) is 0 Å². The van der Waals surface area contributed by atoms with Gasteiger partial charge in [-0.05, 0) is 12.1 Å². The summed E-state index contributed by atoms with van der Waals surface area (Å²) < 4.78 is 71.9. The first-order valence-electron chi connectivity index (χ1n) is 10.1. The normalized spacial score (nSPS) is 11.8. The van der Waals surface area contributed by atoms with Crippen molar-refractivity contribution in [2.75, 3.05) is 92.6 Å². The van der Waals surface area contributed by atoms with Crippen LogP contribution in [0, 0.1) is 0 Å². The van der Waals surface area contributed by atoms with Crippen LogP contribution in [-0.2, 0) is 42.7 Å². The molecule has 0 saturated heterocycles. The maximum Gasteiger partial charge on any atom is 0.297 e. The van der Waals surface area contributed by atoms with E-state index in [2.05, 4.69) is 0 Å². The first kappa shape index (κ1) is 27.9. The molecule has 0 unspecified atom stereocenters. The Morgan fingerprint density at radius 1 is 0.548 bits per heavy atom. The number of halogens is 1. The zero-order valence-corrected chi connectivity index (χ0v) is 18.6. The maximum absolute atomic E-state index is 11.9. The monoisotopic (exact) mass is 468 g/mol. The van der Waals surface area contributed by atoms with Crippen molar-refractivity contribution in [1.29, 1.82) is 0 Å². The van der Waals surface area contributed by atoms with Crippen LogP contribution >= 0.6 is 0 Å². The first-order chi connectivity index (χ1) is 15.2. The minimum absolute atomic E-state index is 0.0572. The van der Waals surface area contributed by atoms with Gasteiger partial charge < -0.3 is 28.4 Å². The molecule has 0 atom stereocenters. The lowest BCUT2D eigenvalue weighted by Gasteiger charge is -2.08. The van der Waals surface area contributed by atoms with Crippen molar-refractivity contribution in [1.82, 2.24) is 0 Å². The van der Waals surface area contributed by atoms with Crippen molar-refractivity contribution < 1.29 is 45.4 Å². The fourth-order valence-corrected chi connectivity index (χ4v) is 3.03. The fourth-order valence-electron chi connectivity index (χ4n) is 2.11. The predicted molar refractivity (Wildman–Crippen MR) is 110 cm³/mol. The molecule has 0 aliphatic carbocycles. The van der Waals surface area contributed by atoms with Gasteiger partial charge in [-0.1, -0.05) is 18.2 Å². The molecule has 0 aromatic heterocycles. The largest absolute Gasteiger partial charge is 0.377 e. The van der Waals surface area contributed by atoms with Crippen molar-refractivity contribution in [3.8, 4) is 0 Å². The summed E-state index contributed by atoms with van der Waals surface area (Å²) in [6.45, 7) is 3.87. The Labute approximate surface area is 183 Å². The van der Waals surface area contributed by atoms with E-state index in [9.17, 15) is 12.8 Å². The molecule has 31 heavy (non-hydrogen) atoms. The molecule has 0 bridgehead atoms. The summed E-state index contributed by atoms with van der Waals surface area (Å²) >= 11 is 0. The van der Waals surface area contributed by atoms with Gasteiger partial charge in [0.25, 0.3) is 10.1 Å². The number of alkyl halides is 1. The van der Waals surface area contributed by atoms with Gasteiger partial charge in [-0.2, -0.15) is 8.42 Å². The number of rotatable bonds is 22. The van der Waals surface area contributed by atoms with Crippen LogP contribution in [0.5, 0.6) is 0 Å². The number of hydrogen-bond donors (Lipinski definition) is 0. The molecule has 11 heteroatoms. The van der Waals surface area contributed by atoms with E-state index < -0.39 is 16.8 Å². The van der Waals surface area contributed by atoms with E-state index >= 15 is 0 Å². The van der Waals surface area contributed by atoms with Gasteiger partial charge in [-0.25, -0.2) is 4.39 Å². The lowest BCUT2D eigenvalue weighted by atomic mass is 10.4. The Bertz CT molecular complexity index is 616. The van der Waals surface area contributed by atoms with Gasteiger partial charge in [0.15, 0.2) is 0 Å². The van der Waals surface area contributed by atoms with Gasteiger partial charge in [0.1, 0.15) is 6.67 Å². The van der Waals surface area contributed by atoms with Crippen LogP contribution in [0.15, 0.2) is 35.2 Å². The molecule has 180 valence electrons. The van der Waals surface area contributed by atoms with E-state index in [0.29, 0.717) is 66.1 Å². The van der Waals surface area contributed by atoms with Crippen molar-refractivity contribution in [2.24, 2.45) is 0 Å². The molecule has 0 amide bonds. The summed E-state index contributed by atoms with van der Waals surface area (Å²) in [7, 11) is -3.75. The summed E-state index contributed by atoms with van der Waals surface area (Å²) in [5.74, 6) is 0. The van der Waals surface area contributed by atoms with Gasteiger partial charge >= 0.3 is 0 Å². The van der Waals surface area contributed by atoms with Crippen LogP contribution in [-0.4, -0.2) is 101 Å². The van der Waals surface area contributed by atoms with Gasteiger partial charge in [-0.3, -0.25) is 4.18 Å². The number of hydrogen-bond acceptors (Lipinski definition) is 9. The molecule has 0 fully saturated rings. The Hall–Kier alpha value is -1.18. The Morgan fingerprint density at radius 2 is 0.903 bits per heavy atom. The average molecular weight is 469 g/mol. The summed E-state index contributed by atoms with van der Waals surface area (Å²) in [6.07, 6.45) is 0. The zero-order chi connectivity index (χ0) is 22.5. The second-order valence-electron chi connectivity index (χ2n) is 5.95. The molecule has 0 spiro atoms. The smallest absolute Gasteiger partial charge is 0.297 e. The van der Waals surface area contributed by atoms with Gasteiger partial charge in [0.2, 0.25) is 0 Å². The summed E-state index contributed by atoms with van der Waals surface area (Å²) in [5.41, 5.74) is 0. The molecular weight excluding hydrogens is 435 g/mol. The topological polar surface area (TPSA) is 98.8 Å². The lowest BCUT2D eigenvalue weighted by molar-refractivity contribution is -0.0181. The number of ether oxygens (including phenoxy) is 6. The van der Waals surface area contributed by atoms with Crippen LogP contribution in [0.2, 0.25) is 0 Å². The molecule has 0 radical (unpaired) electrons. The summed E-state index contributed by atoms with van der Waals surface area (Å²) in [4.78, 5) is 0.119. The van der Waals surface area contributed by atoms with E-state index in [1.165, 1.54) is 12.1 Å². The van der Waals surface area contributed by atoms with E-state index in [1.807, 2.05) is 0 Å². The molecule has 0 saturated carbocycles. The summed E-state index contributed by atoms with van der Waals surface area (Å²) in [5, 5.41) is 0. The van der Waals surface area contributed by atoms with Gasteiger partial charge in [-0.15, -0.1) is 0 Å². The highest BCUT2D eigenvalue weighted by atomic mass is 32.2. The third-order valence-corrected chi connectivity index (χ3v) is 4.91. The van der Waals surface area contributed by atoms with E-state index in [-0.39, 0.29) is 24.7 Å². The standard InChI is InChI=1S/C20H33FO9S/c21-6-7-24-8-9-25-10-11-26-12-13-27-14-15-28-16-17-29-18-19-30-31(22,23)20-4-2-1-3-5-20/h1-5H,6-19H2. The highest BCUT2D eigenvalue weighted by Crippen LogP contribution is 2.10. The SMILES string of the molecule is O=S(=O)(OCCOCCOCCOCCOCCOCCOCCF)c1ccccc1. The molecule has 9 nitrogen and oxygen atoms in total. The second kappa shape index (κ2) is 19.5. The maximum atomic E-state index is 11.9. The third-order valence-electron chi connectivity index (χ3n) is 3.58. The molecule has 0 N–H and O–H groups in total. The number of benzene rings is 1. The fraction of sp³-hybridized carbons (Fsp3) is 0.700. The Balaban J connectivity index is 1.77. The van der Waals surface area contributed by atoms with Crippen LogP contribution in [0.25, 0.3) is 0 Å². The highest BCUT2D eigenvalue weighted by Gasteiger charge is 2.13. The zero-order valence-electron chi connectivity index (χ0n) is 17.7. The lowest BCUT2D eigenvalue weighted by Crippen LogP contribution is -2.15. The molecule has 1 aromatic rings. The molecule has 1 rings (SSSR count). The van der Waals surface area contributed by atoms with Crippen LogP contribution in [0.3, 0.4) is 0 Å². The predicted octanol–water partition coefficient (Wildman–Crippen LogP) is 1.46. The summed E-state index contributed by atoms with van der Waals surface area (Å²) in [6, 6.07) is 7.95. The van der Waals surface area contributed by atoms with Crippen molar-refractivity contribution in [3.05, 3.63) is 30.3 Å². The van der Waals surface area contributed by atoms with Crippen LogP contribution in [0.4, 0.5) is 4.39 Å². The molecular formula is C20H33FO9S. The van der Waals surface area contributed by atoms with Crippen LogP contribution in [0.1, 0.15) is 0 Å². The molecule has 0 aliphatic rings. The van der Waals surface area contributed by atoms with Crippen molar-refractivity contribution in [2.45, 2.75) is 4.90 Å². The van der Waals surface area contributed by atoms with Crippen LogP contribution < -0.4 is 0 Å². The van der Waals surface area contributed by atoms with Gasteiger partial charge in [0.05, 0.1) is 90.8 Å². The minimum atomic E-state index is -3.75. The second-order valence-corrected chi connectivity index (χ2v) is 7.57. The van der Waals surface area contributed by atoms with E-state index in [4.69, 9.17) is 32.6 Å². The Kier molecular flexibility index (Phi) is 17.5. The highest BCUT2D eigenvalue weighted by molar-refractivity contribution is 7.86. The van der Waals surface area contributed by atoms with Crippen molar-refractivity contribution >= 4 is 10.1 Å². The molecule has 0 aliphatic heterocycles. The molecule has 1 aromatic carbocycles. The van der Waals surface area contributed by atoms with Gasteiger partial charge in [0, 0.05) is 0 Å². The van der Waals surface area contributed by atoms with Crippen molar-refractivity contribution in [3.63, 3.8) is 0 Å². The first-order valence-corrected chi connectivity index (χ1v) is 11.5. The van der Waals surface area contributed by atoms with E-state index in [1.54, 1.807) is 18.2 Å². The Morgan fingerprint density at radius 3 is 1.29 bits per heavy atom. The quantitative estimate of drug-likeness (QED) is 0.185. The minimum Gasteiger partial charge on any atom is -0.377 e. The third kappa shape index (κ3) is 16.2. The average Bonchev–Trinajstić information content (AvgIpc) is 2.78.